The molecule has 26 heavy (non-hydrogen) atoms. The fourth-order valence-electron chi connectivity index (χ4n) is 2.01. The molecule has 0 radical (unpaired) electrons. The third kappa shape index (κ3) is 13.3. The van der Waals surface area contributed by atoms with Crippen molar-refractivity contribution in [2.24, 2.45) is 4.99 Å². The van der Waals surface area contributed by atoms with Crippen molar-refractivity contribution in [1.82, 2.24) is 20.8 Å². The Hall–Kier alpha value is -0.940. The maximum atomic E-state index is 5.53. The molecule has 0 atom stereocenters. The molecule has 8 nitrogen and oxygen atoms in total. The predicted octanol–water partition coefficient (Wildman–Crippen LogP) is 2.32. The van der Waals surface area contributed by atoms with E-state index in [0.717, 1.165) is 44.8 Å². The first-order valence-corrected chi connectivity index (χ1v) is 9.23. The number of guanidine groups is 1. The van der Waals surface area contributed by atoms with E-state index in [0.29, 0.717) is 44.6 Å². The van der Waals surface area contributed by atoms with E-state index in [2.05, 4.69) is 32.7 Å². The molecule has 0 saturated carbocycles. The third-order valence-electron chi connectivity index (χ3n) is 3.29. The summed E-state index contributed by atoms with van der Waals surface area (Å²) in [6.07, 6.45) is 3.87. The number of nitrogens with one attached hydrogen (secondary N) is 2. The molecule has 0 fully saturated rings. The van der Waals surface area contributed by atoms with Crippen molar-refractivity contribution in [3.63, 3.8) is 0 Å². The van der Waals surface area contributed by atoms with Crippen LogP contribution in [0.2, 0.25) is 0 Å². The fourth-order valence-corrected chi connectivity index (χ4v) is 2.01. The summed E-state index contributed by atoms with van der Waals surface area (Å²) in [5.41, 5.74) is 0. The van der Waals surface area contributed by atoms with Gasteiger partial charge in [0.05, 0.1) is 19.8 Å². The molecule has 1 rings (SSSR count). The fraction of sp³-hybridized carbons (Fsp3) is 0.824. The van der Waals surface area contributed by atoms with Crippen LogP contribution in [0.1, 0.15) is 44.8 Å². The van der Waals surface area contributed by atoms with Gasteiger partial charge in [0.2, 0.25) is 5.89 Å². The van der Waals surface area contributed by atoms with Crippen LogP contribution in [0, 0.1) is 6.92 Å². The zero-order chi connectivity index (χ0) is 18.2. The normalized spacial score (nSPS) is 11.3. The Bertz CT molecular complexity index is 471. The van der Waals surface area contributed by atoms with Crippen LogP contribution in [-0.4, -0.2) is 62.2 Å². The summed E-state index contributed by atoms with van der Waals surface area (Å²) in [6, 6.07) is 0. The molecule has 0 aliphatic rings. The van der Waals surface area contributed by atoms with Crippen molar-refractivity contribution < 1.29 is 14.0 Å². The number of aromatic nitrogens is 2. The van der Waals surface area contributed by atoms with E-state index in [4.69, 9.17) is 14.0 Å². The van der Waals surface area contributed by atoms with E-state index in [1.54, 1.807) is 0 Å². The first-order chi connectivity index (χ1) is 12.3. The van der Waals surface area contributed by atoms with E-state index in [9.17, 15) is 0 Å². The summed E-state index contributed by atoms with van der Waals surface area (Å²) in [6.45, 7) is 11.0. The van der Waals surface area contributed by atoms with Gasteiger partial charge in [-0.1, -0.05) is 18.5 Å². The van der Waals surface area contributed by atoms with Gasteiger partial charge in [0.1, 0.15) is 0 Å². The van der Waals surface area contributed by atoms with E-state index in [1.165, 1.54) is 0 Å². The Morgan fingerprint density at radius 3 is 2.50 bits per heavy atom. The van der Waals surface area contributed by atoms with Gasteiger partial charge in [-0.05, 0) is 26.7 Å². The molecule has 0 saturated heterocycles. The number of hydrogen-bond donors (Lipinski definition) is 2. The number of rotatable bonds is 14. The number of aliphatic imine (C=N–C) groups is 1. The standard InChI is InChI=1S/C17H33N5O3.HI/c1-4-6-11-23-13-14-24-12-10-20-17(18-5-2)19-9-7-8-16-21-15(3)22-25-16;/h4-14H2,1-3H3,(H2,18,19,20);1H. The quantitative estimate of drug-likeness (QED) is 0.182. The lowest BCUT2D eigenvalue weighted by Gasteiger charge is -2.11. The first kappa shape index (κ1) is 25.1. The molecule has 1 aromatic rings. The van der Waals surface area contributed by atoms with Crippen LogP contribution in [0.15, 0.2) is 9.52 Å². The first-order valence-electron chi connectivity index (χ1n) is 9.23. The third-order valence-corrected chi connectivity index (χ3v) is 3.29. The van der Waals surface area contributed by atoms with Crippen LogP contribution in [0.4, 0.5) is 0 Å². The molecule has 0 unspecified atom stereocenters. The van der Waals surface area contributed by atoms with Gasteiger partial charge in [-0.3, -0.25) is 4.99 Å². The largest absolute Gasteiger partial charge is 0.379 e. The minimum atomic E-state index is 0. The Morgan fingerprint density at radius 2 is 1.85 bits per heavy atom. The van der Waals surface area contributed by atoms with E-state index in [-0.39, 0.29) is 24.0 Å². The van der Waals surface area contributed by atoms with E-state index in [1.807, 2.05) is 13.8 Å². The Kier molecular flexibility index (Phi) is 16.8. The maximum absolute atomic E-state index is 5.53. The molecule has 2 N–H and O–H groups in total. The summed E-state index contributed by atoms with van der Waals surface area (Å²) in [4.78, 5) is 8.71. The second-order valence-corrected chi connectivity index (χ2v) is 5.60. The molecule has 0 bridgehead atoms. The van der Waals surface area contributed by atoms with Crippen molar-refractivity contribution in [3.05, 3.63) is 11.7 Å². The minimum absolute atomic E-state index is 0. The van der Waals surface area contributed by atoms with Gasteiger partial charge < -0.3 is 24.6 Å². The molecule has 0 aromatic carbocycles. The number of aryl methyl sites for hydroxylation is 2. The summed E-state index contributed by atoms with van der Waals surface area (Å²) < 4.78 is 16.1. The number of nitrogens with zero attached hydrogens (tertiary/aromatic N) is 3. The summed E-state index contributed by atoms with van der Waals surface area (Å²) >= 11 is 0. The number of hydrogen-bond acceptors (Lipinski definition) is 6. The van der Waals surface area contributed by atoms with Crippen molar-refractivity contribution >= 4 is 29.9 Å². The van der Waals surface area contributed by atoms with Crippen molar-refractivity contribution in [2.45, 2.75) is 46.5 Å². The van der Waals surface area contributed by atoms with Crippen LogP contribution in [0.5, 0.6) is 0 Å². The van der Waals surface area contributed by atoms with Crippen molar-refractivity contribution in [1.29, 1.82) is 0 Å². The number of ether oxygens (including phenoxy) is 2. The molecule has 1 aromatic heterocycles. The molecule has 1 heterocycles. The number of halogens is 1. The maximum Gasteiger partial charge on any atom is 0.226 e. The SMILES string of the molecule is CCCCOCCOCCNC(=NCCCc1nc(C)no1)NCC.I. The van der Waals surface area contributed by atoms with Crippen LogP contribution in [0.25, 0.3) is 0 Å². The van der Waals surface area contributed by atoms with Gasteiger partial charge in [0, 0.05) is 32.7 Å². The topological polar surface area (TPSA) is 93.8 Å². The lowest BCUT2D eigenvalue weighted by molar-refractivity contribution is 0.0487. The highest BCUT2D eigenvalue weighted by Gasteiger charge is 2.02. The molecular formula is C17H34IN5O3. The molecular weight excluding hydrogens is 449 g/mol. The van der Waals surface area contributed by atoms with Crippen LogP contribution >= 0.6 is 24.0 Å². The second-order valence-electron chi connectivity index (χ2n) is 5.60. The molecule has 0 amide bonds. The lowest BCUT2D eigenvalue weighted by Crippen LogP contribution is -2.39. The van der Waals surface area contributed by atoms with Crippen LogP contribution in [-0.2, 0) is 15.9 Å². The van der Waals surface area contributed by atoms with Gasteiger partial charge in [-0.2, -0.15) is 4.98 Å². The van der Waals surface area contributed by atoms with Crippen LogP contribution < -0.4 is 10.6 Å². The highest BCUT2D eigenvalue weighted by Crippen LogP contribution is 1.99. The van der Waals surface area contributed by atoms with Crippen LogP contribution in [0.3, 0.4) is 0 Å². The smallest absolute Gasteiger partial charge is 0.226 e. The van der Waals surface area contributed by atoms with E-state index >= 15 is 0 Å². The molecule has 0 aliphatic heterocycles. The highest BCUT2D eigenvalue weighted by atomic mass is 127. The summed E-state index contributed by atoms with van der Waals surface area (Å²) in [5.74, 6) is 2.14. The number of unbranched alkanes of at least 4 members (excludes halogenated alkanes) is 1. The minimum Gasteiger partial charge on any atom is -0.379 e. The van der Waals surface area contributed by atoms with Gasteiger partial charge in [0.15, 0.2) is 11.8 Å². The average molecular weight is 483 g/mol. The monoisotopic (exact) mass is 483 g/mol. The van der Waals surface area contributed by atoms with Gasteiger partial charge in [-0.15, -0.1) is 24.0 Å². The summed E-state index contributed by atoms with van der Waals surface area (Å²) in [7, 11) is 0. The van der Waals surface area contributed by atoms with Gasteiger partial charge in [-0.25, -0.2) is 0 Å². The van der Waals surface area contributed by atoms with Crippen molar-refractivity contribution in [3.8, 4) is 0 Å². The zero-order valence-corrected chi connectivity index (χ0v) is 18.6. The molecule has 0 aliphatic carbocycles. The lowest BCUT2D eigenvalue weighted by atomic mass is 10.3. The van der Waals surface area contributed by atoms with Gasteiger partial charge in [0.25, 0.3) is 0 Å². The predicted molar refractivity (Wildman–Crippen MR) is 113 cm³/mol. The Balaban J connectivity index is 0.00000625. The summed E-state index contributed by atoms with van der Waals surface area (Å²) in [5, 5.41) is 10.3. The molecule has 9 heteroatoms. The zero-order valence-electron chi connectivity index (χ0n) is 16.3. The molecule has 152 valence electrons. The molecule has 0 spiro atoms. The Morgan fingerprint density at radius 1 is 1.08 bits per heavy atom. The van der Waals surface area contributed by atoms with Crippen molar-refractivity contribution in [2.75, 3.05) is 46.1 Å². The van der Waals surface area contributed by atoms with E-state index < -0.39 is 0 Å². The Labute approximate surface area is 173 Å². The highest BCUT2D eigenvalue weighted by molar-refractivity contribution is 14.0. The van der Waals surface area contributed by atoms with Gasteiger partial charge >= 0.3 is 0 Å². The average Bonchev–Trinajstić information content (AvgIpc) is 3.02. The second kappa shape index (κ2) is 17.5.